The van der Waals surface area contributed by atoms with Crippen LogP contribution in [0, 0.1) is 0 Å². The van der Waals surface area contributed by atoms with Gasteiger partial charge in [0, 0.05) is 31.9 Å². The summed E-state index contributed by atoms with van der Waals surface area (Å²) in [5.41, 5.74) is 0.895. The Morgan fingerprint density at radius 3 is 2.31 bits per heavy atom. The van der Waals surface area contributed by atoms with Gasteiger partial charge in [0.1, 0.15) is 9.84 Å². The predicted octanol–water partition coefficient (Wildman–Crippen LogP) is 1.35. The Bertz CT molecular complexity index is 891. The maximum absolute atomic E-state index is 12.6. The summed E-state index contributed by atoms with van der Waals surface area (Å²) in [6.45, 7) is 6.11. The van der Waals surface area contributed by atoms with Crippen molar-refractivity contribution in [3.63, 3.8) is 0 Å². The Balaban J connectivity index is 1.99. The van der Waals surface area contributed by atoms with Crippen LogP contribution in [0.2, 0.25) is 0 Å². The summed E-state index contributed by atoms with van der Waals surface area (Å²) in [4.78, 5) is 4.83. The predicted molar refractivity (Wildman–Crippen MR) is 116 cm³/mol. The second-order valence-electron chi connectivity index (χ2n) is 7.41. The number of guanidine groups is 1. The lowest BCUT2D eigenvalue weighted by Crippen LogP contribution is -2.42. The van der Waals surface area contributed by atoms with Gasteiger partial charge in [0.15, 0.2) is 5.96 Å². The first-order chi connectivity index (χ1) is 13.6. The fourth-order valence-corrected chi connectivity index (χ4v) is 5.33. The molecule has 1 unspecified atom stereocenters. The van der Waals surface area contributed by atoms with Crippen molar-refractivity contribution < 1.29 is 16.8 Å². The Hall–Kier alpha value is -1.65. The van der Waals surface area contributed by atoms with Gasteiger partial charge in [0.25, 0.3) is 0 Å². The van der Waals surface area contributed by atoms with E-state index in [9.17, 15) is 16.8 Å². The van der Waals surface area contributed by atoms with Gasteiger partial charge >= 0.3 is 0 Å². The summed E-state index contributed by atoms with van der Waals surface area (Å²) in [5, 5.41) is 6.35. The molecule has 1 atom stereocenters. The Morgan fingerprint density at radius 2 is 1.76 bits per heavy atom. The zero-order chi connectivity index (χ0) is 21.5. The van der Waals surface area contributed by atoms with Gasteiger partial charge in [-0.3, -0.25) is 0 Å². The third kappa shape index (κ3) is 7.60. The Kier molecular flexibility index (Phi) is 8.47. The molecule has 0 aliphatic carbocycles. The molecule has 1 saturated heterocycles. The van der Waals surface area contributed by atoms with E-state index in [0.717, 1.165) is 18.4 Å². The highest BCUT2D eigenvalue weighted by molar-refractivity contribution is 7.90. The van der Waals surface area contributed by atoms with Crippen molar-refractivity contribution in [2.75, 3.05) is 31.6 Å². The van der Waals surface area contributed by atoms with Crippen LogP contribution >= 0.6 is 0 Å². The molecule has 0 bridgehead atoms. The van der Waals surface area contributed by atoms with Crippen LogP contribution in [-0.4, -0.2) is 64.8 Å². The molecule has 1 fully saturated rings. The summed E-state index contributed by atoms with van der Waals surface area (Å²) < 4.78 is 49.3. The number of aliphatic imine (C=N–C) groups is 1. The third-order valence-corrected chi connectivity index (χ3v) is 7.59. The molecule has 8 nitrogen and oxygen atoms in total. The van der Waals surface area contributed by atoms with E-state index in [4.69, 9.17) is 0 Å². The van der Waals surface area contributed by atoms with Crippen molar-refractivity contribution in [2.24, 2.45) is 4.99 Å². The molecule has 10 heteroatoms. The topological polar surface area (TPSA) is 108 Å². The molecule has 0 amide bonds. The Morgan fingerprint density at radius 1 is 1.14 bits per heavy atom. The lowest BCUT2D eigenvalue weighted by molar-refractivity contribution is 0.477. The van der Waals surface area contributed by atoms with Crippen LogP contribution in [0.3, 0.4) is 0 Å². The van der Waals surface area contributed by atoms with Crippen molar-refractivity contribution in [2.45, 2.75) is 50.6 Å². The first kappa shape index (κ1) is 23.6. The molecule has 2 rings (SSSR count). The van der Waals surface area contributed by atoms with Crippen molar-refractivity contribution in [1.29, 1.82) is 0 Å². The molecule has 0 saturated carbocycles. The highest BCUT2D eigenvalue weighted by Crippen LogP contribution is 2.21. The molecule has 1 heterocycles. The van der Waals surface area contributed by atoms with Gasteiger partial charge in [-0.05, 0) is 50.8 Å². The Labute approximate surface area is 174 Å². The zero-order valence-electron chi connectivity index (χ0n) is 17.4. The minimum absolute atomic E-state index is 0.0458. The molecule has 1 aliphatic heterocycles. The minimum Gasteiger partial charge on any atom is -0.357 e. The van der Waals surface area contributed by atoms with E-state index in [1.165, 1.54) is 10.6 Å². The van der Waals surface area contributed by atoms with Crippen molar-refractivity contribution in [1.82, 2.24) is 14.9 Å². The molecule has 0 radical (unpaired) electrons. The SMILES string of the molecule is CCNC(=NCc1ccc(S(=O)(=O)N2CCCC2)cc1)NC(C)CCS(C)(=O)=O. The van der Waals surface area contributed by atoms with Gasteiger partial charge < -0.3 is 10.6 Å². The minimum atomic E-state index is -3.41. The molecule has 164 valence electrons. The number of rotatable bonds is 9. The smallest absolute Gasteiger partial charge is 0.243 e. The summed E-state index contributed by atoms with van der Waals surface area (Å²) in [5.74, 6) is 0.718. The normalized spacial score (nSPS) is 17.3. The summed E-state index contributed by atoms with van der Waals surface area (Å²) in [6, 6.07) is 6.78. The van der Waals surface area contributed by atoms with Gasteiger partial charge in [0.05, 0.1) is 17.2 Å². The van der Waals surface area contributed by atoms with Crippen LogP contribution in [0.15, 0.2) is 34.2 Å². The second-order valence-corrected chi connectivity index (χ2v) is 11.6. The first-order valence-electron chi connectivity index (χ1n) is 9.93. The maximum atomic E-state index is 12.6. The van der Waals surface area contributed by atoms with Crippen LogP contribution in [0.4, 0.5) is 0 Å². The lowest BCUT2D eigenvalue weighted by atomic mass is 10.2. The molecule has 2 N–H and O–H groups in total. The number of sulfone groups is 1. The summed E-state index contributed by atoms with van der Waals surface area (Å²) >= 11 is 0. The average Bonchev–Trinajstić information content (AvgIpc) is 3.20. The third-order valence-electron chi connectivity index (χ3n) is 4.69. The fraction of sp³-hybridized carbons (Fsp3) is 0.632. The molecule has 0 spiro atoms. The van der Waals surface area contributed by atoms with Gasteiger partial charge in [-0.25, -0.2) is 21.8 Å². The van der Waals surface area contributed by atoms with E-state index in [1.807, 2.05) is 13.8 Å². The van der Waals surface area contributed by atoms with Gasteiger partial charge in [-0.15, -0.1) is 0 Å². The van der Waals surface area contributed by atoms with E-state index >= 15 is 0 Å². The summed E-state index contributed by atoms with van der Waals surface area (Å²) in [6.07, 6.45) is 3.54. The quantitative estimate of drug-likeness (QED) is 0.440. The van der Waals surface area contributed by atoms with Crippen molar-refractivity contribution >= 4 is 25.8 Å². The zero-order valence-corrected chi connectivity index (χ0v) is 19.0. The van der Waals surface area contributed by atoms with E-state index in [1.54, 1.807) is 24.3 Å². The molecular weight excluding hydrogens is 412 g/mol. The molecular formula is C19H32N4O4S2. The molecule has 29 heavy (non-hydrogen) atoms. The second kappa shape index (κ2) is 10.4. The summed E-state index contributed by atoms with van der Waals surface area (Å²) in [7, 11) is -6.40. The van der Waals surface area contributed by atoms with E-state index in [-0.39, 0.29) is 11.8 Å². The molecule has 1 aromatic rings. The number of hydrogen-bond acceptors (Lipinski definition) is 5. The van der Waals surface area contributed by atoms with E-state index < -0.39 is 19.9 Å². The van der Waals surface area contributed by atoms with Crippen LogP contribution in [-0.2, 0) is 26.4 Å². The van der Waals surface area contributed by atoms with Crippen molar-refractivity contribution in [3.8, 4) is 0 Å². The lowest BCUT2D eigenvalue weighted by Gasteiger charge is -2.17. The van der Waals surface area contributed by atoms with Gasteiger partial charge in [0.2, 0.25) is 10.0 Å². The number of benzene rings is 1. The van der Waals surface area contributed by atoms with Crippen LogP contribution in [0.25, 0.3) is 0 Å². The highest BCUT2D eigenvalue weighted by Gasteiger charge is 2.26. The monoisotopic (exact) mass is 444 g/mol. The standard InChI is InChI=1S/C19H32N4O4S2/c1-4-20-19(22-16(2)11-14-28(3,24)25)21-15-17-7-9-18(10-8-17)29(26,27)23-12-5-6-13-23/h7-10,16H,4-6,11-15H2,1-3H3,(H2,20,21,22). The molecule has 1 aromatic carbocycles. The van der Waals surface area contributed by atoms with Crippen LogP contribution in [0.5, 0.6) is 0 Å². The highest BCUT2D eigenvalue weighted by atomic mass is 32.2. The largest absolute Gasteiger partial charge is 0.357 e. The number of nitrogens with one attached hydrogen (secondary N) is 2. The van der Waals surface area contributed by atoms with Crippen LogP contribution < -0.4 is 10.6 Å². The van der Waals surface area contributed by atoms with Gasteiger partial charge in [-0.1, -0.05) is 12.1 Å². The number of hydrogen-bond donors (Lipinski definition) is 2. The first-order valence-corrected chi connectivity index (χ1v) is 13.4. The molecule has 0 aromatic heterocycles. The number of sulfonamides is 1. The fourth-order valence-electron chi connectivity index (χ4n) is 3.03. The average molecular weight is 445 g/mol. The molecule has 1 aliphatic rings. The van der Waals surface area contributed by atoms with Crippen molar-refractivity contribution in [3.05, 3.63) is 29.8 Å². The van der Waals surface area contributed by atoms with Crippen LogP contribution in [0.1, 0.15) is 38.7 Å². The van der Waals surface area contributed by atoms with E-state index in [2.05, 4.69) is 15.6 Å². The number of nitrogens with zero attached hydrogens (tertiary/aromatic N) is 2. The van der Waals surface area contributed by atoms with Gasteiger partial charge in [-0.2, -0.15) is 4.31 Å². The van der Waals surface area contributed by atoms with E-state index in [0.29, 0.717) is 43.5 Å². The maximum Gasteiger partial charge on any atom is 0.243 e.